The number of fused-ring (bicyclic) bond motifs is 1. The maximum absolute atomic E-state index is 4.63. The first kappa shape index (κ1) is 15.9. The van der Waals surface area contributed by atoms with Gasteiger partial charge in [-0.05, 0) is 24.6 Å². The fourth-order valence-electron chi connectivity index (χ4n) is 2.56. The molecule has 3 heterocycles. The monoisotopic (exact) mass is 346 g/mol. The van der Waals surface area contributed by atoms with Crippen LogP contribution in [-0.2, 0) is 0 Å². The van der Waals surface area contributed by atoms with Crippen LogP contribution in [0.25, 0.3) is 16.9 Å². The van der Waals surface area contributed by atoms with Gasteiger partial charge in [-0.3, -0.25) is 9.88 Å². The van der Waals surface area contributed by atoms with Gasteiger partial charge in [0.1, 0.15) is 6.33 Å². The zero-order valence-electron chi connectivity index (χ0n) is 14.3. The van der Waals surface area contributed by atoms with Crippen molar-refractivity contribution in [1.29, 1.82) is 0 Å². The third-order valence-corrected chi connectivity index (χ3v) is 3.76. The fourth-order valence-corrected chi connectivity index (χ4v) is 2.56. The minimum atomic E-state index is 0.417. The molecular formula is C18H18N8. The van der Waals surface area contributed by atoms with E-state index in [-0.39, 0.29) is 0 Å². The summed E-state index contributed by atoms with van der Waals surface area (Å²) in [5.41, 5.74) is 2.42. The number of aromatic nitrogens is 6. The third-order valence-electron chi connectivity index (χ3n) is 3.76. The first-order chi connectivity index (χ1) is 12.8. The van der Waals surface area contributed by atoms with Gasteiger partial charge in [0.05, 0.1) is 0 Å². The molecular weight excluding hydrogens is 328 g/mol. The molecule has 0 spiro atoms. The molecule has 0 unspecified atom stereocenters. The van der Waals surface area contributed by atoms with Crippen molar-refractivity contribution in [2.24, 2.45) is 0 Å². The van der Waals surface area contributed by atoms with Gasteiger partial charge in [0, 0.05) is 24.6 Å². The Labute approximate surface area is 150 Å². The molecule has 0 aliphatic heterocycles. The lowest BCUT2D eigenvalue weighted by atomic mass is 10.3. The minimum Gasteiger partial charge on any atom is -0.368 e. The Kier molecular flexibility index (Phi) is 4.38. The highest BCUT2D eigenvalue weighted by Gasteiger charge is 2.14. The van der Waals surface area contributed by atoms with E-state index in [4.69, 9.17) is 0 Å². The molecule has 0 fully saturated rings. The van der Waals surface area contributed by atoms with Crippen LogP contribution in [0.3, 0.4) is 0 Å². The third kappa shape index (κ3) is 3.16. The van der Waals surface area contributed by atoms with Gasteiger partial charge in [-0.2, -0.15) is 9.97 Å². The van der Waals surface area contributed by atoms with Crippen molar-refractivity contribution in [2.75, 3.05) is 17.2 Å². The Balaban J connectivity index is 1.82. The van der Waals surface area contributed by atoms with E-state index in [1.807, 2.05) is 34.9 Å². The number of nitrogens with one attached hydrogen (secondary N) is 2. The minimum absolute atomic E-state index is 0.417. The van der Waals surface area contributed by atoms with Gasteiger partial charge in [-0.15, -0.1) is 0 Å². The summed E-state index contributed by atoms with van der Waals surface area (Å²) in [4.78, 5) is 22.0. The molecule has 130 valence electrons. The average Bonchev–Trinajstić information content (AvgIpc) is 3.12. The van der Waals surface area contributed by atoms with E-state index in [9.17, 15) is 0 Å². The van der Waals surface area contributed by atoms with Gasteiger partial charge in [0.2, 0.25) is 11.9 Å². The van der Waals surface area contributed by atoms with E-state index in [0.29, 0.717) is 23.4 Å². The lowest BCUT2D eigenvalue weighted by Gasteiger charge is -2.09. The molecule has 0 radical (unpaired) electrons. The largest absolute Gasteiger partial charge is 0.368 e. The highest BCUT2D eigenvalue weighted by atomic mass is 15.2. The number of rotatable bonds is 6. The smallest absolute Gasteiger partial charge is 0.233 e. The highest BCUT2D eigenvalue weighted by Crippen LogP contribution is 2.24. The predicted molar refractivity (Wildman–Crippen MR) is 101 cm³/mol. The van der Waals surface area contributed by atoms with E-state index >= 15 is 0 Å². The standard InChI is InChI=1S/C18H18N8/c1-2-9-19-15-14-16(26(12-22-14)13-7-4-3-5-8-13)24-18(23-15)25-17-20-10-6-11-21-17/h3-8,10-12H,2,9H2,1H3,(H2,19,20,21,23,24,25). The zero-order chi connectivity index (χ0) is 17.8. The van der Waals surface area contributed by atoms with Gasteiger partial charge in [0.15, 0.2) is 17.0 Å². The molecule has 4 aromatic rings. The Morgan fingerprint density at radius 2 is 1.73 bits per heavy atom. The number of hydrogen-bond acceptors (Lipinski definition) is 7. The SMILES string of the molecule is CCCNc1nc(Nc2ncccn2)nc2c1ncn2-c1ccccc1. The van der Waals surface area contributed by atoms with Crippen molar-refractivity contribution in [3.8, 4) is 5.69 Å². The van der Waals surface area contributed by atoms with Crippen molar-refractivity contribution in [2.45, 2.75) is 13.3 Å². The lowest BCUT2D eigenvalue weighted by molar-refractivity contribution is 0.968. The molecule has 3 aromatic heterocycles. The normalized spacial score (nSPS) is 10.8. The molecule has 8 nitrogen and oxygen atoms in total. The second-order valence-corrected chi connectivity index (χ2v) is 5.64. The molecule has 0 bridgehead atoms. The topological polar surface area (TPSA) is 93.4 Å². The Bertz CT molecular complexity index is 998. The summed E-state index contributed by atoms with van der Waals surface area (Å²) >= 11 is 0. The van der Waals surface area contributed by atoms with Crippen molar-refractivity contribution < 1.29 is 0 Å². The van der Waals surface area contributed by atoms with Crippen LogP contribution < -0.4 is 10.6 Å². The van der Waals surface area contributed by atoms with Crippen LogP contribution in [0.4, 0.5) is 17.7 Å². The number of hydrogen-bond donors (Lipinski definition) is 2. The number of para-hydroxylation sites is 1. The summed E-state index contributed by atoms with van der Waals surface area (Å²) in [7, 11) is 0. The van der Waals surface area contributed by atoms with Crippen molar-refractivity contribution in [3.63, 3.8) is 0 Å². The van der Waals surface area contributed by atoms with Crippen LogP contribution in [0.1, 0.15) is 13.3 Å². The summed E-state index contributed by atoms with van der Waals surface area (Å²) in [5.74, 6) is 1.55. The van der Waals surface area contributed by atoms with E-state index in [1.165, 1.54) is 0 Å². The van der Waals surface area contributed by atoms with Gasteiger partial charge >= 0.3 is 0 Å². The van der Waals surface area contributed by atoms with Crippen LogP contribution in [0.2, 0.25) is 0 Å². The van der Waals surface area contributed by atoms with Crippen LogP contribution in [-0.4, -0.2) is 36.0 Å². The summed E-state index contributed by atoms with van der Waals surface area (Å²) in [6.45, 7) is 2.90. The molecule has 1 aromatic carbocycles. The van der Waals surface area contributed by atoms with Crippen LogP contribution in [0.15, 0.2) is 55.1 Å². The van der Waals surface area contributed by atoms with E-state index in [0.717, 1.165) is 24.2 Å². The molecule has 8 heteroatoms. The van der Waals surface area contributed by atoms with Crippen LogP contribution >= 0.6 is 0 Å². The van der Waals surface area contributed by atoms with Crippen molar-refractivity contribution in [3.05, 3.63) is 55.1 Å². The van der Waals surface area contributed by atoms with Gasteiger partial charge in [-0.1, -0.05) is 25.1 Å². The molecule has 26 heavy (non-hydrogen) atoms. The van der Waals surface area contributed by atoms with Crippen LogP contribution in [0.5, 0.6) is 0 Å². The quantitative estimate of drug-likeness (QED) is 0.554. The Morgan fingerprint density at radius 3 is 2.50 bits per heavy atom. The number of imidazole rings is 1. The lowest BCUT2D eigenvalue weighted by Crippen LogP contribution is -2.08. The zero-order valence-corrected chi connectivity index (χ0v) is 14.3. The second kappa shape index (κ2) is 7.14. The first-order valence-electron chi connectivity index (χ1n) is 8.43. The molecule has 0 aliphatic rings. The van der Waals surface area contributed by atoms with Gasteiger partial charge in [-0.25, -0.2) is 15.0 Å². The van der Waals surface area contributed by atoms with Crippen molar-refractivity contribution in [1.82, 2.24) is 29.5 Å². The van der Waals surface area contributed by atoms with E-state index in [2.05, 4.69) is 42.5 Å². The number of anilines is 3. The Morgan fingerprint density at radius 1 is 0.923 bits per heavy atom. The highest BCUT2D eigenvalue weighted by molar-refractivity contribution is 5.85. The van der Waals surface area contributed by atoms with Gasteiger partial charge in [0.25, 0.3) is 0 Å². The molecule has 0 aliphatic carbocycles. The summed E-state index contributed by atoms with van der Waals surface area (Å²) in [6, 6.07) is 11.7. The summed E-state index contributed by atoms with van der Waals surface area (Å²) in [6.07, 6.45) is 6.07. The van der Waals surface area contributed by atoms with Gasteiger partial charge < -0.3 is 5.32 Å². The molecule has 0 saturated heterocycles. The fraction of sp³-hybridized carbons (Fsp3) is 0.167. The molecule has 4 rings (SSSR count). The summed E-state index contributed by atoms with van der Waals surface area (Å²) in [5, 5.41) is 6.38. The molecule has 0 saturated carbocycles. The first-order valence-corrected chi connectivity index (χ1v) is 8.43. The molecule has 0 atom stereocenters. The predicted octanol–water partition coefficient (Wildman–Crippen LogP) is 3.17. The second-order valence-electron chi connectivity index (χ2n) is 5.64. The maximum atomic E-state index is 4.63. The molecule has 0 amide bonds. The average molecular weight is 346 g/mol. The number of nitrogens with zero attached hydrogens (tertiary/aromatic N) is 6. The van der Waals surface area contributed by atoms with Crippen LogP contribution in [0, 0.1) is 0 Å². The van der Waals surface area contributed by atoms with E-state index < -0.39 is 0 Å². The van der Waals surface area contributed by atoms with Crippen molar-refractivity contribution >= 4 is 28.9 Å². The number of benzene rings is 1. The maximum Gasteiger partial charge on any atom is 0.233 e. The Hall–Kier alpha value is -3.55. The summed E-state index contributed by atoms with van der Waals surface area (Å²) < 4.78 is 1.94. The molecule has 2 N–H and O–H groups in total. The van der Waals surface area contributed by atoms with E-state index in [1.54, 1.807) is 24.8 Å².